The molecule has 3 aromatic carbocycles. The van der Waals surface area contributed by atoms with Crippen LogP contribution in [0, 0.1) is 29.4 Å². The molecule has 3 aromatic rings. The van der Waals surface area contributed by atoms with Gasteiger partial charge in [-0.3, -0.25) is 9.59 Å². The Bertz CT molecular complexity index is 1860. The minimum absolute atomic E-state index is 0.0541. The van der Waals surface area contributed by atoms with Crippen molar-refractivity contribution < 1.29 is 54.6 Å². The zero-order valence-electron chi connectivity index (χ0n) is 23.1. The number of carbonyl (C=O) groups is 3. The third-order valence-electron chi connectivity index (χ3n) is 7.82. The van der Waals surface area contributed by atoms with Gasteiger partial charge in [-0.15, -0.1) is 0 Å². The molecule has 0 saturated heterocycles. The molecule has 0 unspecified atom stereocenters. The molecule has 9 nitrogen and oxygen atoms in total. The summed E-state index contributed by atoms with van der Waals surface area (Å²) in [6.07, 6.45) is 4.04. The highest BCUT2D eigenvalue weighted by molar-refractivity contribution is 7.92. The van der Waals surface area contributed by atoms with Crippen LogP contribution >= 0.6 is 0 Å². The number of nitrogens with one attached hydrogen (secondary N) is 2. The fourth-order valence-corrected chi connectivity index (χ4v) is 6.49. The van der Waals surface area contributed by atoms with Gasteiger partial charge in [0, 0.05) is 23.4 Å². The topological polar surface area (TPSA) is 139 Å². The number of alkyl halides is 3. The summed E-state index contributed by atoms with van der Waals surface area (Å²) in [7, 11) is -4.48. The Hall–Kier alpha value is -4.79. The number of carboxylic acids is 1. The largest absolute Gasteiger partial charge is 0.501 e. The van der Waals surface area contributed by atoms with Gasteiger partial charge in [0.25, 0.3) is 15.7 Å². The third-order valence-corrected chi connectivity index (χ3v) is 9.30. The SMILES string of the molecule is COc1cc(F)c(-c2ccc(C(=O)O)c(F)c2)cc1C(=O)N[C@H]1[C@@H](C(=O)Nc2cccc(S(=O)(=O)C(F)(F)F)c2)[C@@H]2C=C[C@H]1C2. The van der Waals surface area contributed by atoms with E-state index in [9.17, 15) is 40.4 Å². The molecule has 0 radical (unpaired) electrons. The number of anilines is 1. The second-order valence-electron chi connectivity index (χ2n) is 10.5. The number of benzene rings is 3. The van der Waals surface area contributed by atoms with E-state index in [1.165, 1.54) is 19.2 Å². The van der Waals surface area contributed by atoms with Crippen molar-refractivity contribution in [3.05, 3.63) is 89.5 Å². The molecule has 0 heterocycles. The Labute approximate surface area is 252 Å². The molecule has 45 heavy (non-hydrogen) atoms. The second-order valence-corrected chi connectivity index (χ2v) is 12.4. The van der Waals surface area contributed by atoms with Gasteiger partial charge in [-0.25, -0.2) is 22.0 Å². The number of carboxylic acid groups (broad SMARTS) is 1. The van der Waals surface area contributed by atoms with Crippen molar-refractivity contribution >= 4 is 33.3 Å². The van der Waals surface area contributed by atoms with Crippen molar-refractivity contribution in [3.8, 4) is 16.9 Å². The van der Waals surface area contributed by atoms with E-state index in [0.29, 0.717) is 12.5 Å². The predicted molar refractivity (Wildman–Crippen MR) is 149 cm³/mol. The summed E-state index contributed by atoms with van der Waals surface area (Å²) in [5.74, 6) is -6.75. The van der Waals surface area contributed by atoms with Crippen molar-refractivity contribution in [2.45, 2.75) is 22.9 Å². The summed E-state index contributed by atoms with van der Waals surface area (Å²) in [6.45, 7) is 0. The maximum absolute atomic E-state index is 15.0. The van der Waals surface area contributed by atoms with Gasteiger partial charge in [-0.1, -0.05) is 24.3 Å². The van der Waals surface area contributed by atoms with Crippen molar-refractivity contribution in [1.29, 1.82) is 0 Å². The van der Waals surface area contributed by atoms with Crippen LogP contribution in [-0.2, 0) is 14.6 Å². The normalized spacial score (nSPS) is 20.6. The predicted octanol–water partition coefficient (Wildman–Crippen LogP) is 5.19. The average Bonchev–Trinajstić information content (AvgIpc) is 3.58. The zero-order chi connectivity index (χ0) is 32.8. The second kappa shape index (κ2) is 11.6. The summed E-state index contributed by atoms with van der Waals surface area (Å²) in [5, 5.41) is 14.3. The van der Waals surface area contributed by atoms with E-state index < -0.39 is 67.2 Å². The number of fused-ring (bicyclic) bond motifs is 2. The maximum atomic E-state index is 15.0. The first-order valence-electron chi connectivity index (χ1n) is 13.2. The molecule has 0 aromatic heterocycles. The molecular formula is C30H23F5N2O7S. The molecule has 0 spiro atoms. The Morgan fingerprint density at radius 2 is 1.64 bits per heavy atom. The molecule has 15 heteroatoms. The monoisotopic (exact) mass is 650 g/mol. The minimum Gasteiger partial charge on any atom is -0.496 e. The molecule has 0 aliphatic heterocycles. The van der Waals surface area contributed by atoms with Crippen molar-refractivity contribution in [2.24, 2.45) is 17.8 Å². The van der Waals surface area contributed by atoms with Gasteiger partial charge in [0.2, 0.25) is 5.91 Å². The van der Waals surface area contributed by atoms with Crippen molar-refractivity contribution in [2.75, 3.05) is 12.4 Å². The first kappa shape index (κ1) is 31.6. The van der Waals surface area contributed by atoms with E-state index >= 15 is 4.39 Å². The van der Waals surface area contributed by atoms with E-state index in [-0.39, 0.29) is 40.0 Å². The van der Waals surface area contributed by atoms with Gasteiger partial charge >= 0.3 is 11.5 Å². The molecule has 2 bridgehead atoms. The summed E-state index contributed by atoms with van der Waals surface area (Å²) < 4.78 is 97.4. The van der Waals surface area contributed by atoms with Gasteiger partial charge in [0.1, 0.15) is 17.4 Å². The highest BCUT2D eigenvalue weighted by Crippen LogP contribution is 2.45. The number of hydrogen-bond acceptors (Lipinski definition) is 6. The molecule has 236 valence electrons. The zero-order valence-corrected chi connectivity index (χ0v) is 23.9. The quantitative estimate of drug-likeness (QED) is 0.225. The average molecular weight is 651 g/mol. The van der Waals surface area contributed by atoms with Gasteiger partial charge in [-0.05, 0) is 60.2 Å². The molecule has 3 N–H and O–H groups in total. The van der Waals surface area contributed by atoms with Crippen LogP contribution in [0.3, 0.4) is 0 Å². The number of rotatable bonds is 8. The highest BCUT2D eigenvalue weighted by Gasteiger charge is 2.49. The lowest BCUT2D eigenvalue weighted by atomic mass is 9.87. The summed E-state index contributed by atoms with van der Waals surface area (Å²) in [5.41, 5.74) is -6.83. The molecule has 5 rings (SSSR count). The number of halogens is 5. The molecule has 1 saturated carbocycles. The van der Waals surface area contributed by atoms with Gasteiger partial charge < -0.3 is 20.5 Å². The van der Waals surface area contributed by atoms with Crippen LogP contribution in [-0.4, -0.2) is 50.0 Å². The van der Waals surface area contributed by atoms with Crippen LogP contribution in [0.15, 0.2) is 71.6 Å². The fourth-order valence-electron chi connectivity index (χ4n) is 5.68. The summed E-state index contributed by atoms with van der Waals surface area (Å²) >= 11 is 0. The molecule has 1 fully saturated rings. The number of hydrogen-bond donors (Lipinski definition) is 3. The number of aromatic carboxylic acids is 1. The van der Waals surface area contributed by atoms with E-state index in [4.69, 9.17) is 9.84 Å². The number of ether oxygens (including phenoxy) is 1. The number of allylic oxidation sites excluding steroid dienone is 1. The van der Waals surface area contributed by atoms with Crippen LogP contribution in [0.1, 0.15) is 27.1 Å². The molecule has 2 amide bonds. The Balaban J connectivity index is 1.41. The number of methoxy groups -OCH3 is 1. The van der Waals surface area contributed by atoms with E-state index in [2.05, 4.69) is 10.6 Å². The Morgan fingerprint density at radius 3 is 2.29 bits per heavy atom. The van der Waals surface area contributed by atoms with E-state index in [0.717, 1.165) is 36.4 Å². The molecular weight excluding hydrogens is 627 g/mol. The molecule has 4 atom stereocenters. The van der Waals surface area contributed by atoms with E-state index in [1.54, 1.807) is 12.2 Å². The minimum atomic E-state index is -5.67. The lowest BCUT2D eigenvalue weighted by Gasteiger charge is -2.28. The van der Waals surface area contributed by atoms with Crippen molar-refractivity contribution in [1.82, 2.24) is 5.32 Å². The fraction of sp³-hybridized carbons (Fsp3) is 0.233. The van der Waals surface area contributed by atoms with Crippen LogP contribution in [0.25, 0.3) is 11.1 Å². The van der Waals surface area contributed by atoms with Gasteiger partial charge in [-0.2, -0.15) is 13.2 Å². The first-order valence-corrected chi connectivity index (χ1v) is 14.7. The third kappa shape index (κ3) is 5.87. The molecule has 2 aliphatic rings. The van der Waals surface area contributed by atoms with E-state index in [1.807, 2.05) is 0 Å². The smallest absolute Gasteiger partial charge is 0.496 e. The number of carbonyl (C=O) groups excluding carboxylic acids is 2. The van der Waals surface area contributed by atoms with Crippen LogP contribution in [0.5, 0.6) is 5.75 Å². The highest BCUT2D eigenvalue weighted by atomic mass is 32.2. The van der Waals surface area contributed by atoms with Crippen LogP contribution in [0.2, 0.25) is 0 Å². The van der Waals surface area contributed by atoms with Gasteiger partial charge in [0.15, 0.2) is 0 Å². The van der Waals surface area contributed by atoms with Crippen LogP contribution < -0.4 is 15.4 Å². The lowest BCUT2D eigenvalue weighted by Crippen LogP contribution is -2.47. The number of amides is 2. The molecule has 2 aliphatic carbocycles. The number of sulfone groups is 1. The first-order chi connectivity index (χ1) is 21.1. The van der Waals surface area contributed by atoms with Crippen LogP contribution in [0.4, 0.5) is 27.6 Å². The summed E-state index contributed by atoms with van der Waals surface area (Å²) in [6, 6.07) is 7.84. The standard InChI is InChI=1S/C30H23F5N2O7S/c1-44-24-13-23(32)20(14-7-8-19(29(40)41)22(31)10-14)12-21(24)27(38)37-26-16-6-5-15(9-16)25(26)28(39)36-17-3-2-4-18(11-17)45(42,43)30(33,34)35/h2-8,10-13,15-16,25-26H,9H2,1H3,(H,36,39)(H,37,38)(H,40,41)/t15-,16+,25+,26-/m1/s1. The Kier molecular flexibility index (Phi) is 8.16. The van der Waals surface area contributed by atoms with Crippen molar-refractivity contribution in [3.63, 3.8) is 0 Å². The maximum Gasteiger partial charge on any atom is 0.501 e. The van der Waals surface area contributed by atoms with Gasteiger partial charge in [0.05, 0.1) is 29.1 Å². The summed E-state index contributed by atoms with van der Waals surface area (Å²) in [4.78, 5) is 37.0. The lowest BCUT2D eigenvalue weighted by molar-refractivity contribution is -0.121. The Morgan fingerprint density at radius 1 is 0.933 bits per heavy atom.